The summed E-state index contributed by atoms with van der Waals surface area (Å²) in [6, 6.07) is 37.4. The third kappa shape index (κ3) is 3.67. The van der Waals surface area contributed by atoms with Gasteiger partial charge in [-0.25, -0.2) is 0 Å². The van der Waals surface area contributed by atoms with Crippen molar-refractivity contribution in [3.63, 3.8) is 0 Å². The molecule has 4 heteroatoms. The molecule has 6 rings (SSSR count). The van der Waals surface area contributed by atoms with Crippen LogP contribution in [0.3, 0.4) is 0 Å². The number of hydrogen-bond donors (Lipinski definition) is 0. The first-order valence-electron chi connectivity index (χ1n) is 10.5. The summed E-state index contributed by atoms with van der Waals surface area (Å²) < 4.78 is 0. The van der Waals surface area contributed by atoms with Gasteiger partial charge in [0, 0.05) is 31.4 Å². The van der Waals surface area contributed by atoms with Crippen LogP contribution in [-0.2, 0) is 0 Å². The molecule has 4 aromatic rings. The molecule has 0 amide bonds. The first-order chi connectivity index (χ1) is 15.4. The maximum Gasteiger partial charge on any atom is 0.0597 e. The molecule has 2 heterocycles. The topological polar surface area (TPSA) is 3.24 Å². The number of para-hydroxylation sites is 2. The van der Waals surface area contributed by atoms with Crippen LogP contribution in [0, 0.1) is 0 Å². The molecule has 31 heavy (non-hydrogen) atoms. The van der Waals surface area contributed by atoms with Gasteiger partial charge >= 0.3 is 0 Å². The zero-order valence-electron chi connectivity index (χ0n) is 16.8. The van der Waals surface area contributed by atoms with Crippen LogP contribution in [0.5, 0.6) is 0 Å². The highest BCUT2D eigenvalue weighted by molar-refractivity contribution is 8.03. The van der Waals surface area contributed by atoms with Crippen LogP contribution in [-0.4, -0.2) is 11.8 Å². The molecule has 0 bridgehead atoms. The average Bonchev–Trinajstić information content (AvgIpc) is 2.82. The summed E-state index contributed by atoms with van der Waals surface area (Å²) in [4.78, 5) is 7.97. The summed E-state index contributed by atoms with van der Waals surface area (Å²) >= 11 is 5.92. The van der Waals surface area contributed by atoms with Gasteiger partial charge in [-0.05, 0) is 48.0 Å². The maximum atomic E-state index is 2.57. The average molecular weight is 456 g/mol. The summed E-state index contributed by atoms with van der Waals surface area (Å²) in [6.07, 6.45) is 0. The third-order valence-corrected chi connectivity index (χ3v) is 9.66. The van der Waals surface area contributed by atoms with E-state index in [1.165, 1.54) is 36.5 Å². The Morgan fingerprint density at radius 2 is 1.29 bits per heavy atom. The smallest absolute Gasteiger partial charge is 0.0597 e. The number of benzene rings is 4. The van der Waals surface area contributed by atoms with E-state index in [9.17, 15) is 0 Å². The Morgan fingerprint density at radius 3 is 2.06 bits per heavy atom. The van der Waals surface area contributed by atoms with Crippen molar-refractivity contribution in [2.45, 2.75) is 30.1 Å². The van der Waals surface area contributed by atoms with Crippen LogP contribution in [0.4, 0.5) is 11.4 Å². The normalized spacial score (nSPS) is 18.9. The third-order valence-electron chi connectivity index (χ3n) is 5.72. The maximum absolute atomic E-state index is 2.57. The first kappa shape index (κ1) is 19.4. The van der Waals surface area contributed by atoms with Crippen LogP contribution in [0.1, 0.15) is 10.8 Å². The Kier molecular flexibility index (Phi) is 5.23. The molecular formula is C27H21NS3. The van der Waals surface area contributed by atoms with Crippen LogP contribution in [0.2, 0.25) is 0 Å². The predicted molar refractivity (Wildman–Crippen MR) is 135 cm³/mol. The number of nitrogens with zero attached hydrogens (tertiary/aromatic N) is 1. The van der Waals surface area contributed by atoms with E-state index in [2.05, 4.69) is 108 Å². The van der Waals surface area contributed by atoms with Gasteiger partial charge in [0.05, 0.1) is 16.6 Å². The summed E-state index contributed by atoms with van der Waals surface area (Å²) in [5, 5.41) is 0.830. The SMILES string of the molecule is c1ccc(SC2CN3c4ccccc4Sc4cccc(c43)C2Sc2ccccc2)cc1. The molecule has 4 aromatic carbocycles. The molecule has 0 saturated carbocycles. The van der Waals surface area contributed by atoms with Crippen molar-refractivity contribution in [1.29, 1.82) is 0 Å². The fraction of sp³-hybridized carbons (Fsp3) is 0.111. The lowest BCUT2D eigenvalue weighted by molar-refractivity contribution is 0.754. The zero-order valence-corrected chi connectivity index (χ0v) is 19.3. The standard InChI is InChI=1S/C27H21NS3/c1-3-10-19(11-4-1)29-25-18-28-22-15-7-8-16-23(22)31-24-17-9-14-21(26(24)28)27(25)30-20-12-5-2-6-13-20/h1-17,25,27H,18H2. The second-order valence-corrected chi connectivity index (χ2v) is 11.3. The molecule has 2 aliphatic rings. The summed E-state index contributed by atoms with van der Waals surface area (Å²) in [5.41, 5.74) is 4.20. The van der Waals surface area contributed by atoms with Gasteiger partial charge in [-0.1, -0.05) is 72.4 Å². The lowest BCUT2D eigenvalue weighted by atomic mass is 9.99. The number of fused-ring (bicyclic) bond motifs is 2. The second kappa shape index (κ2) is 8.34. The van der Waals surface area contributed by atoms with E-state index in [1.54, 1.807) is 0 Å². The number of rotatable bonds is 4. The van der Waals surface area contributed by atoms with Crippen LogP contribution in [0.25, 0.3) is 0 Å². The van der Waals surface area contributed by atoms with Crippen LogP contribution in [0.15, 0.2) is 123 Å². The van der Waals surface area contributed by atoms with Crippen molar-refractivity contribution in [2.75, 3.05) is 11.4 Å². The summed E-state index contributed by atoms with van der Waals surface area (Å²) in [5.74, 6) is 0. The van der Waals surface area contributed by atoms with Crippen molar-refractivity contribution in [3.05, 3.63) is 109 Å². The van der Waals surface area contributed by atoms with Gasteiger partial charge in [0.25, 0.3) is 0 Å². The Hall–Kier alpha value is -2.27. The number of thioether (sulfide) groups is 2. The highest BCUT2D eigenvalue weighted by atomic mass is 32.2. The summed E-state index contributed by atoms with van der Waals surface area (Å²) in [6.45, 7) is 1.01. The molecule has 0 N–H and O–H groups in total. The molecule has 1 nitrogen and oxygen atoms in total. The van der Waals surface area contributed by atoms with E-state index in [1.807, 2.05) is 35.3 Å². The van der Waals surface area contributed by atoms with Crippen molar-refractivity contribution in [2.24, 2.45) is 0 Å². The van der Waals surface area contributed by atoms with Gasteiger partial charge in [0.2, 0.25) is 0 Å². The lowest BCUT2D eigenvalue weighted by Gasteiger charge is -2.44. The molecule has 2 atom stereocenters. The largest absolute Gasteiger partial charge is 0.338 e. The van der Waals surface area contributed by atoms with Crippen LogP contribution < -0.4 is 4.90 Å². The van der Waals surface area contributed by atoms with Crippen molar-refractivity contribution >= 4 is 46.7 Å². The van der Waals surface area contributed by atoms with Gasteiger partial charge in [0.15, 0.2) is 0 Å². The molecular weight excluding hydrogens is 435 g/mol. The van der Waals surface area contributed by atoms with E-state index in [0.29, 0.717) is 10.5 Å². The molecule has 0 spiro atoms. The first-order valence-corrected chi connectivity index (χ1v) is 13.1. The van der Waals surface area contributed by atoms with Crippen LogP contribution >= 0.6 is 35.3 Å². The van der Waals surface area contributed by atoms with Gasteiger partial charge in [0.1, 0.15) is 0 Å². The fourth-order valence-electron chi connectivity index (χ4n) is 4.37. The van der Waals surface area contributed by atoms with E-state index in [-0.39, 0.29) is 0 Å². The Morgan fingerprint density at radius 1 is 0.645 bits per heavy atom. The number of anilines is 2. The van der Waals surface area contributed by atoms with Gasteiger partial charge < -0.3 is 4.90 Å². The highest BCUT2D eigenvalue weighted by Crippen LogP contribution is 2.58. The van der Waals surface area contributed by atoms with Crippen molar-refractivity contribution in [1.82, 2.24) is 0 Å². The second-order valence-electron chi connectivity index (χ2n) is 7.70. The lowest BCUT2D eigenvalue weighted by Crippen LogP contribution is -2.37. The van der Waals surface area contributed by atoms with E-state index < -0.39 is 0 Å². The molecule has 0 radical (unpaired) electrons. The Balaban J connectivity index is 1.47. The molecule has 0 aromatic heterocycles. The molecule has 152 valence electrons. The molecule has 0 aliphatic carbocycles. The Labute approximate surface area is 196 Å². The molecule has 0 saturated heterocycles. The predicted octanol–water partition coefficient (Wildman–Crippen LogP) is 8.30. The minimum Gasteiger partial charge on any atom is -0.338 e. The fourth-order valence-corrected chi connectivity index (χ4v) is 8.16. The minimum absolute atomic E-state index is 0.393. The van der Waals surface area contributed by atoms with E-state index in [0.717, 1.165) is 6.54 Å². The Bertz CT molecular complexity index is 1210. The van der Waals surface area contributed by atoms with Gasteiger partial charge in [-0.3, -0.25) is 0 Å². The van der Waals surface area contributed by atoms with Gasteiger partial charge in [-0.15, -0.1) is 23.5 Å². The highest BCUT2D eigenvalue weighted by Gasteiger charge is 2.39. The van der Waals surface area contributed by atoms with Crippen molar-refractivity contribution < 1.29 is 0 Å². The van der Waals surface area contributed by atoms with E-state index >= 15 is 0 Å². The molecule has 0 fully saturated rings. The van der Waals surface area contributed by atoms with Gasteiger partial charge in [-0.2, -0.15) is 0 Å². The quantitative estimate of drug-likeness (QED) is 0.304. The summed E-state index contributed by atoms with van der Waals surface area (Å²) in [7, 11) is 0. The zero-order chi connectivity index (χ0) is 20.6. The molecule has 2 unspecified atom stereocenters. The monoisotopic (exact) mass is 455 g/mol. The van der Waals surface area contributed by atoms with Crippen molar-refractivity contribution in [3.8, 4) is 0 Å². The molecule has 2 aliphatic heterocycles. The number of hydrogen-bond acceptors (Lipinski definition) is 4. The van der Waals surface area contributed by atoms with E-state index in [4.69, 9.17) is 0 Å². The minimum atomic E-state index is 0.393.